The molecule has 160 valence electrons. The van der Waals surface area contributed by atoms with E-state index in [0.29, 0.717) is 17.2 Å². The molecule has 0 radical (unpaired) electrons. The molecule has 9 heteroatoms. The predicted molar refractivity (Wildman–Crippen MR) is 105 cm³/mol. The van der Waals surface area contributed by atoms with Crippen LogP contribution in [0.15, 0.2) is 23.1 Å². The van der Waals surface area contributed by atoms with E-state index in [1.54, 1.807) is 27.7 Å². The standard InChI is InChI=1S/C20H24F3NO4S/c1-11-12(2)14(4)19(15(5)13(11)3)29(26,27)24-18-7-6-16(28-9-8-25)10-17(18)20(21,22)23/h6-7,10,24-25H,8-9H2,1-5H3. The number of sulfonamides is 1. The van der Waals surface area contributed by atoms with Crippen LogP contribution < -0.4 is 9.46 Å². The van der Waals surface area contributed by atoms with Gasteiger partial charge in [-0.3, -0.25) is 4.72 Å². The van der Waals surface area contributed by atoms with Crippen LogP contribution in [0.5, 0.6) is 5.75 Å². The number of alkyl halides is 3. The molecule has 0 amide bonds. The Kier molecular flexibility index (Phi) is 6.54. The third-order valence-corrected chi connectivity index (χ3v) is 6.74. The summed E-state index contributed by atoms with van der Waals surface area (Å²) in [7, 11) is -4.28. The van der Waals surface area contributed by atoms with E-state index < -0.39 is 27.5 Å². The maximum absolute atomic E-state index is 13.5. The number of aliphatic hydroxyl groups excluding tert-OH is 1. The van der Waals surface area contributed by atoms with Crippen molar-refractivity contribution in [2.75, 3.05) is 17.9 Å². The van der Waals surface area contributed by atoms with Crippen molar-refractivity contribution in [3.63, 3.8) is 0 Å². The van der Waals surface area contributed by atoms with Crippen molar-refractivity contribution in [1.29, 1.82) is 0 Å². The van der Waals surface area contributed by atoms with Gasteiger partial charge < -0.3 is 9.84 Å². The Hall–Kier alpha value is -2.26. The minimum absolute atomic E-state index is 0.0215. The normalized spacial score (nSPS) is 12.2. The molecular formula is C20H24F3NO4S. The van der Waals surface area contributed by atoms with Crippen LogP contribution in [0.3, 0.4) is 0 Å². The van der Waals surface area contributed by atoms with E-state index in [4.69, 9.17) is 9.84 Å². The molecule has 0 aliphatic carbocycles. The Morgan fingerprint density at radius 2 is 1.48 bits per heavy atom. The van der Waals surface area contributed by atoms with Crippen LogP contribution in [-0.2, 0) is 16.2 Å². The average Bonchev–Trinajstić information content (AvgIpc) is 2.62. The second kappa shape index (κ2) is 8.23. The average molecular weight is 431 g/mol. The highest BCUT2D eigenvalue weighted by Crippen LogP contribution is 2.39. The Labute approximate surface area is 168 Å². The van der Waals surface area contributed by atoms with Crippen LogP contribution in [0.2, 0.25) is 0 Å². The maximum atomic E-state index is 13.5. The lowest BCUT2D eigenvalue weighted by Crippen LogP contribution is -2.20. The number of nitrogens with one attached hydrogen (secondary N) is 1. The van der Waals surface area contributed by atoms with Crippen molar-refractivity contribution in [3.8, 4) is 5.75 Å². The lowest BCUT2D eigenvalue weighted by atomic mass is 9.95. The van der Waals surface area contributed by atoms with Gasteiger partial charge in [-0.2, -0.15) is 13.2 Å². The fraction of sp³-hybridized carbons (Fsp3) is 0.400. The zero-order valence-electron chi connectivity index (χ0n) is 16.9. The predicted octanol–water partition coefficient (Wildman–Crippen LogP) is 4.42. The molecule has 0 unspecified atom stereocenters. The lowest BCUT2D eigenvalue weighted by Gasteiger charge is -2.21. The Balaban J connectivity index is 2.59. The van der Waals surface area contributed by atoms with Crippen LogP contribution in [0.4, 0.5) is 18.9 Å². The van der Waals surface area contributed by atoms with Crippen molar-refractivity contribution < 1.29 is 31.4 Å². The fourth-order valence-electron chi connectivity index (χ4n) is 3.16. The van der Waals surface area contributed by atoms with Crippen LogP contribution in [0.1, 0.15) is 33.4 Å². The first-order valence-corrected chi connectivity index (χ1v) is 10.3. The van der Waals surface area contributed by atoms with Gasteiger partial charge in [0.2, 0.25) is 0 Å². The van der Waals surface area contributed by atoms with Crippen molar-refractivity contribution >= 4 is 15.7 Å². The van der Waals surface area contributed by atoms with Gasteiger partial charge in [-0.15, -0.1) is 0 Å². The summed E-state index contributed by atoms with van der Waals surface area (Å²) in [5, 5.41) is 8.77. The van der Waals surface area contributed by atoms with Crippen LogP contribution in [0.25, 0.3) is 0 Å². The van der Waals surface area contributed by atoms with Gasteiger partial charge in [0.05, 0.1) is 22.8 Å². The van der Waals surface area contributed by atoms with Gasteiger partial charge >= 0.3 is 6.18 Å². The van der Waals surface area contributed by atoms with E-state index in [9.17, 15) is 21.6 Å². The molecule has 5 nitrogen and oxygen atoms in total. The van der Waals surface area contributed by atoms with Crippen molar-refractivity contribution in [2.45, 2.75) is 45.7 Å². The number of anilines is 1. The molecule has 0 aromatic heterocycles. The number of ether oxygens (including phenoxy) is 1. The van der Waals surface area contributed by atoms with Gasteiger partial charge in [0.15, 0.2) is 0 Å². The molecule has 0 atom stereocenters. The molecule has 2 aromatic rings. The van der Waals surface area contributed by atoms with Gasteiger partial charge in [0, 0.05) is 0 Å². The molecule has 2 rings (SSSR count). The Morgan fingerprint density at radius 3 is 1.97 bits per heavy atom. The van der Waals surface area contributed by atoms with Crippen molar-refractivity contribution in [3.05, 3.63) is 51.6 Å². The molecule has 0 saturated carbocycles. The molecule has 0 spiro atoms. The van der Waals surface area contributed by atoms with E-state index in [-0.39, 0.29) is 23.9 Å². The third-order valence-electron chi connectivity index (χ3n) is 5.10. The van der Waals surface area contributed by atoms with Crippen LogP contribution in [-0.4, -0.2) is 26.7 Å². The smallest absolute Gasteiger partial charge is 0.418 e. The van der Waals surface area contributed by atoms with Gasteiger partial charge in [-0.1, -0.05) is 0 Å². The first-order chi connectivity index (χ1) is 13.3. The summed E-state index contributed by atoms with van der Waals surface area (Å²) < 4.78 is 73.8. The summed E-state index contributed by atoms with van der Waals surface area (Å²) in [6, 6.07) is 2.93. The van der Waals surface area contributed by atoms with Gasteiger partial charge in [-0.05, 0) is 80.6 Å². The first-order valence-electron chi connectivity index (χ1n) is 8.86. The number of halogens is 3. The molecule has 2 N–H and O–H groups in total. The van der Waals surface area contributed by atoms with E-state index in [0.717, 1.165) is 22.8 Å². The number of hydrogen-bond acceptors (Lipinski definition) is 4. The highest BCUT2D eigenvalue weighted by Gasteiger charge is 2.36. The third kappa shape index (κ3) is 4.67. The molecule has 0 heterocycles. The highest BCUT2D eigenvalue weighted by atomic mass is 32.2. The maximum Gasteiger partial charge on any atom is 0.418 e. The van der Waals surface area contributed by atoms with Gasteiger partial charge in [0.1, 0.15) is 12.4 Å². The number of rotatable bonds is 6. The Bertz CT molecular complexity index is 1000. The van der Waals surface area contributed by atoms with Crippen molar-refractivity contribution in [1.82, 2.24) is 0 Å². The zero-order valence-corrected chi connectivity index (χ0v) is 17.7. The second-order valence-corrected chi connectivity index (χ2v) is 8.46. The number of hydrogen-bond donors (Lipinski definition) is 2. The Morgan fingerprint density at radius 1 is 0.966 bits per heavy atom. The minimum atomic E-state index is -4.81. The monoisotopic (exact) mass is 431 g/mol. The van der Waals surface area contributed by atoms with Crippen LogP contribution in [0, 0.1) is 34.6 Å². The van der Waals surface area contributed by atoms with Crippen LogP contribution >= 0.6 is 0 Å². The molecule has 0 bridgehead atoms. The van der Waals surface area contributed by atoms with Gasteiger partial charge in [-0.25, -0.2) is 8.42 Å². The summed E-state index contributed by atoms with van der Waals surface area (Å²) >= 11 is 0. The summed E-state index contributed by atoms with van der Waals surface area (Å²) in [4.78, 5) is -0.0215. The molecule has 29 heavy (non-hydrogen) atoms. The molecule has 0 saturated heterocycles. The summed E-state index contributed by atoms with van der Waals surface area (Å²) in [6.45, 7) is 8.18. The second-order valence-electron chi connectivity index (χ2n) is 6.84. The topological polar surface area (TPSA) is 75.6 Å². The molecule has 0 aliphatic rings. The lowest BCUT2D eigenvalue weighted by molar-refractivity contribution is -0.137. The fourth-order valence-corrected chi connectivity index (χ4v) is 4.85. The van der Waals surface area contributed by atoms with E-state index in [1.807, 2.05) is 6.92 Å². The first kappa shape index (κ1) is 23.0. The molecule has 0 fully saturated rings. The zero-order chi connectivity index (χ0) is 22.1. The summed E-state index contributed by atoms with van der Waals surface area (Å²) in [5.74, 6) is -0.122. The van der Waals surface area contributed by atoms with Gasteiger partial charge in [0.25, 0.3) is 10.0 Å². The largest absolute Gasteiger partial charge is 0.491 e. The van der Waals surface area contributed by atoms with Crippen molar-refractivity contribution in [2.24, 2.45) is 0 Å². The number of aliphatic hydroxyl groups is 1. The van der Waals surface area contributed by atoms with E-state index in [1.165, 1.54) is 6.07 Å². The molecule has 2 aromatic carbocycles. The SMILES string of the molecule is Cc1c(C)c(C)c(S(=O)(=O)Nc2ccc(OCCO)cc2C(F)(F)F)c(C)c1C. The van der Waals surface area contributed by atoms with E-state index in [2.05, 4.69) is 4.72 Å². The quantitative estimate of drug-likeness (QED) is 0.710. The molecular weight excluding hydrogens is 407 g/mol. The molecule has 0 aliphatic heterocycles. The van der Waals surface area contributed by atoms with E-state index >= 15 is 0 Å². The highest BCUT2D eigenvalue weighted by molar-refractivity contribution is 7.92. The number of benzene rings is 2. The minimum Gasteiger partial charge on any atom is -0.491 e. The summed E-state index contributed by atoms with van der Waals surface area (Å²) in [6.07, 6.45) is -4.81. The summed E-state index contributed by atoms with van der Waals surface area (Å²) in [5.41, 5.74) is 1.72.